The predicted molar refractivity (Wildman–Crippen MR) is 104 cm³/mol. The van der Waals surface area contributed by atoms with Crippen LogP contribution in [-0.2, 0) is 0 Å². The van der Waals surface area contributed by atoms with Crippen LogP contribution in [0.5, 0.6) is 11.5 Å². The van der Waals surface area contributed by atoms with Gasteiger partial charge in [0.2, 0.25) is 0 Å². The number of nitrogens with two attached hydrogens (primary N) is 1. The number of rotatable bonds is 7. The van der Waals surface area contributed by atoms with Gasteiger partial charge in [0, 0.05) is 5.02 Å². The maximum absolute atomic E-state index is 5.96. The number of thiocarbonyl (C=S) groups is 1. The highest BCUT2D eigenvalue weighted by Gasteiger charge is 2.08. The molecule has 24 heavy (non-hydrogen) atoms. The number of hydrogen-bond acceptors (Lipinski definition) is 3. The van der Waals surface area contributed by atoms with Gasteiger partial charge in [0.05, 0.1) is 5.56 Å². The Kier molecular flexibility index (Phi) is 6.46. The smallest absolute Gasteiger partial charge is 0.129 e. The fourth-order valence-electron chi connectivity index (χ4n) is 2.52. The van der Waals surface area contributed by atoms with Gasteiger partial charge in [0.1, 0.15) is 29.7 Å². The summed E-state index contributed by atoms with van der Waals surface area (Å²) in [5, 5.41) is 0.571. The van der Waals surface area contributed by atoms with Crippen molar-refractivity contribution in [1.29, 1.82) is 0 Å². The van der Waals surface area contributed by atoms with Crippen LogP contribution in [0.4, 0.5) is 0 Å². The Bertz CT molecular complexity index is 731. The summed E-state index contributed by atoms with van der Waals surface area (Å²) in [6.45, 7) is 7.29. The molecule has 2 rings (SSSR count). The zero-order valence-corrected chi connectivity index (χ0v) is 15.7. The van der Waals surface area contributed by atoms with Crippen molar-refractivity contribution >= 4 is 28.8 Å². The second-order valence-electron chi connectivity index (χ2n) is 5.87. The lowest BCUT2D eigenvalue weighted by Gasteiger charge is -2.14. The molecule has 0 spiro atoms. The monoisotopic (exact) mass is 363 g/mol. The van der Waals surface area contributed by atoms with Crippen molar-refractivity contribution in [3.8, 4) is 11.5 Å². The van der Waals surface area contributed by atoms with Gasteiger partial charge in [-0.25, -0.2) is 0 Å². The molecule has 5 heteroatoms. The summed E-state index contributed by atoms with van der Waals surface area (Å²) in [7, 11) is 0. The number of benzene rings is 2. The quantitative estimate of drug-likeness (QED) is 0.563. The molecule has 0 aliphatic rings. The molecule has 0 saturated carbocycles. The van der Waals surface area contributed by atoms with Crippen LogP contribution in [0.3, 0.4) is 0 Å². The van der Waals surface area contributed by atoms with Gasteiger partial charge in [0.25, 0.3) is 0 Å². The molecule has 0 fully saturated rings. The first-order valence-electron chi connectivity index (χ1n) is 7.84. The number of halogens is 1. The van der Waals surface area contributed by atoms with E-state index in [1.54, 1.807) is 18.2 Å². The number of ether oxygens (including phenoxy) is 2. The van der Waals surface area contributed by atoms with Gasteiger partial charge in [-0.3, -0.25) is 0 Å². The third-order valence-corrected chi connectivity index (χ3v) is 4.13. The maximum atomic E-state index is 5.96. The van der Waals surface area contributed by atoms with Crippen LogP contribution < -0.4 is 15.2 Å². The van der Waals surface area contributed by atoms with Crippen molar-refractivity contribution in [3.05, 3.63) is 58.1 Å². The highest BCUT2D eigenvalue weighted by molar-refractivity contribution is 7.80. The molecular weight excluding hydrogens is 342 g/mol. The Balaban J connectivity index is 1.92. The molecule has 0 atom stereocenters. The van der Waals surface area contributed by atoms with E-state index in [0.29, 0.717) is 35.5 Å². The molecule has 0 aliphatic carbocycles. The standard InChI is InChI=1S/C19H22ClNO2S/c1-12(2)16-6-5-15(10-13(16)3)22-8-9-23-18-7-4-14(20)11-17(18)19(21)24/h4-7,10-12H,8-9H2,1-3H3,(H2,21,24). The van der Waals surface area contributed by atoms with E-state index in [9.17, 15) is 0 Å². The molecule has 0 heterocycles. The molecule has 0 radical (unpaired) electrons. The summed E-state index contributed by atoms with van der Waals surface area (Å²) in [4.78, 5) is 0.258. The van der Waals surface area contributed by atoms with Crippen molar-refractivity contribution in [2.24, 2.45) is 5.73 Å². The minimum Gasteiger partial charge on any atom is -0.490 e. The Hall–Kier alpha value is -1.78. The van der Waals surface area contributed by atoms with Crippen molar-refractivity contribution < 1.29 is 9.47 Å². The second kappa shape index (κ2) is 8.36. The van der Waals surface area contributed by atoms with Crippen LogP contribution in [0, 0.1) is 6.92 Å². The van der Waals surface area contributed by atoms with Gasteiger partial charge < -0.3 is 15.2 Å². The molecule has 0 saturated heterocycles. The topological polar surface area (TPSA) is 44.5 Å². The van der Waals surface area contributed by atoms with Gasteiger partial charge in [-0.1, -0.05) is 43.7 Å². The van der Waals surface area contributed by atoms with Gasteiger partial charge in [-0.05, 0) is 54.3 Å². The average molecular weight is 364 g/mol. The summed E-state index contributed by atoms with van der Waals surface area (Å²) >= 11 is 11.0. The predicted octanol–water partition coefficient (Wildman–Crippen LogP) is 4.86. The van der Waals surface area contributed by atoms with E-state index < -0.39 is 0 Å². The lowest BCUT2D eigenvalue weighted by atomic mass is 9.98. The van der Waals surface area contributed by atoms with Crippen molar-refractivity contribution in [2.45, 2.75) is 26.7 Å². The lowest BCUT2D eigenvalue weighted by molar-refractivity contribution is 0.217. The van der Waals surface area contributed by atoms with Gasteiger partial charge >= 0.3 is 0 Å². The SMILES string of the molecule is Cc1cc(OCCOc2ccc(Cl)cc2C(N)=S)ccc1C(C)C. The van der Waals surface area contributed by atoms with E-state index in [2.05, 4.69) is 32.9 Å². The largest absolute Gasteiger partial charge is 0.490 e. The van der Waals surface area contributed by atoms with E-state index in [1.165, 1.54) is 11.1 Å². The Morgan fingerprint density at radius 1 is 1.12 bits per heavy atom. The van der Waals surface area contributed by atoms with Gasteiger partial charge in [0.15, 0.2) is 0 Å². The molecule has 0 bridgehead atoms. The second-order valence-corrected chi connectivity index (χ2v) is 6.75. The summed E-state index contributed by atoms with van der Waals surface area (Å²) in [6, 6.07) is 11.4. The first kappa shape index (κ1) is 18.6. The summed E-state index contributed by atoms with van der Waals surface area (Å²) in [5.74, 6) is 1.96. The van der Waals surface area contributed by atoms with Crippen LogP contribution in [0.25, 0.3) is 0 Å². The van der Waals surface area contributed by atoms with Gasteiger partial charge in [-0.2, -0.15) is 0 Å². The highest BCUT2D eigenvalue weighted by Crippen LogP contribution is 2.24. The average Bonchev–Trinajstić information content (AvgIpc) is 2.52. The fraction of sp³-hybridized carbons (Fsp3) is 0.316. The molecule has 0 aromatic heterocycles. The number of aryl methyl sites for hydroxylation is 1. The molecule has 0 amide bonds. The number of hydrogen-bond donors (Lipinski definition) is 1. The molecule has 2 aromatic rings. The molecule has 0 unspecified atom stereocenters. The summed E-state index contributed by atoms with van der Waals surface area (Å²) < 4.78 is 11.5. The minimum atomic E-state index is 0.258. The fourth-order valence-corrected chi connectivity index (χ4v) is 2.85. The van der Waals surface area contributed by atoms with Gasteiger partial charge in [-0.15, -0.1) is 0 Å². The molecule has 2 aromatic carbocycles. The van der Waals surface area contributed by atoms with Crippen LogP contribution in [0.1, 0.15) is 36.5 Å². The Morgan fingerprint density at radius 2 is 1.83 bits per heavy atom. The molecule has 0 aliphatic heterocycles. The highest BCUT2D eigenvalue weighted by atomic mass is 35.5. The van der Waals surface area contributed by atoms with Crippen LogP contribution in [0.15, 0.2) is 36.4 Å². The van der Waals surface area contributed by atoms with Crippen LogP contribution in [0.2, 0.25) is 5.02 Å². The Morgan fingerprint density at radius 3 is 2.46 bits per heavy atom. The molecule has 128 valence electrons. The van der Waals surface area contributed by atoms with E-state index in [0.717, 1.165) is 5.75 Å². The van der Waals surface area contributed by atoms with Crippen molar-refractivity contribution in [2.75, 3.05) is 13.2 Å². The van der Waals surface area contributed by atoms with Crippen LogP contribution in [-0.4, -0.2) is 18.2 Å². The van der Waals surface area contributed by atoms with E-state index in [4.69, 9.17) is 39.0 Å². The molecular formula is C19H22ClNO2S. The first-order valence-corrected chi connectivity index (χ1v) is 8.62. The first-order chi connectivity index (χ1) is 11.4. The third kappa shape index (κ3) is 4.86. The Labute approximate surface area is 153 Å². The molecule has 3 nitrogen and oxygen atoms in total. The maximum Gasteiger partial charge on any atom is 0.129 e. The van der Waals surface area contributed by atoms with E-state index in [1.807, 2.05) is 6.07 Å². The minimum absolute atomic E-state index is 0.258. The summed E-state index contributed by atoms with van der Waals surface area (Å²) in [5.41, 5.74) is 8.90. The summed E-state index contributed by atoms with van der Waals surface area (Å²) in [6.07, 6.45) is 0. The van der Waals surface area contributed by atoms with Crippen molar-refractivity contribution in [3.63, 3.8) is 0 Å². The third-order valence-electron chi connectivity index (χ3n) is 3.68. The molecule has 2 N–H and O–H groups in total. The van der Waals surface area contributed by atoms with E-state index in [-0.39, 0.29) is 4.99 Å². The zero-order valence-electron chi connectivity index (χ0n) is 14.1. The zero-order chi connectivity index (χ0) is 17.7. The van der Waals surface area contributed by atoms with E-state index >= 15 is 0 Å². The van der Waals surface area contributed by atoms with Crippen LogP contribution >= 0.6 is 23.8 Å². The normalized spacial score (nSPS) is 10.7. The van der Waals surface area contributed by atoms with Crippen molar-refractivity contribution in [1.82, 2.24) is 0 Å². The lowest BCUT2D eigenvalue weighted by Crippen LogP contribution is -2.14.